The lowest BCUT2D eigenvalue weighted by Gasteiger charge is -2.14. The Hall–Kier alpha value is -3.57. The van der Waals surface area contributed by atoms with E-state index in [-0.39, 0.29) is 22.8 Å². The Balaban J connectivity index is 1.69. The third kappa shape index (κ3) is 5.63. The van der Waals surface area contributed by atoms with Gasteiger partial charge in [-0.15, -0.1) is 22.7 Å². The van der Waals surface area contributed by atoms with E-state index in [1.54, 1.807) is 41.8 Å². The van der Waals surface area contributed by atoms with Gasteiger partial charge in [-0.1, -0.05) is 39.5 Å². The van der Waals surface area contributed by atoms with Crippen molar-refractivity contribution in [2.75, 3.05) is 5.32 Å². The van der Waals surface area contributed by atoms with Gasteiger partial charge in [0, 0.05) is 27.9 Å². The fraction of sp³-hybridized carbons (Fsp3) is 0.240. The average molecular weight is 531 g/mol. The number of nitrogens with zero attached hydrogens (tertiary/aromatic N) is 3. The number of carbonyl (C=O) groups is 1. The van der Waals surface area contributed by atoms with Crippen LogP contribution in [0.4, 0.5) is 13.9 Å². The summed E-state index contributed by atoms with van der Waals surface area (Å²) in [5.74, 6) is -0.109. The Labute approximate surface area is 214 Å². The second kappa shape index (κ2) is 10.2. The molecule has 188 valence electrons. The average Bonchev–Trinajstić information content (AvgIpc) is 3.48. The number of rotatable bonds is 8. The molecule has 36 heavy (non-hydrogen) atoms. The highest BCUT2D eigenvalue weighted by Crippen LogP contribution is 2.35. The summed E-state index contributed by atoms with van der Waals surface area (Å²) in [6.07, 6.45) is 5.01. The summed E-state index contributed by atoms with van der Waals surface area (Å²) in [6, 6.07) is 4.62. The second-order valence-corrected chi connectivity index (χ2v) is 10.6. The van der Waals surface area contributed by atoms with Crippen molar-refractivity contribution in [2.45, 2.75) is 39.7 Å². The summed E-state index contributed by atoms with van der Waals surface area (Å²) in [7, 11) is 0. The Morgan fingerprint density at radius 3 is 2.67 bits per heavy atom. The normalized spacial score (nSPS) is 12.0. The van der Waals surface area contributed by atoms with Crippen LogP contribution in [0.15, 0.2) is 47.5 Å². The van der Waals surface area contributed by atoms with Crippen molar-refractivity contribution in [3.63, 3.8) is 0 Å². The summed E-state index contributed by atoms with van der Waals surface area (Å²) in [6.45, 7) is 8.42. The maximum Gasteiger partial charge on any atom is 0.387 e. The number of para-hydroxylation sites is 1. The number of carbonyl (C=O) groups excluding carboxylic acids is 1. The Kier molecular flexibility index (Phi) is 7.23. The van der Waals surface area contributed by atoms with Crippen LogP contribution >= 0.6 is 22.7 Å². The number of thiazole rings is 2. The van der Waals surface area contributed by atoms with E-state index in [0.717, 1.165) is 5.69 Å². The molecule has 0 bridgehead atoms. The molecule has 1 amide bonds. The minimum atomic E-state index is -3.02. The van der Waals surface area contributed by atoms with E-state index in [1.807, 2.05) is 10.8 Å². The fourth-order valence-corrected chi connectivity index (χ4v) is 4.93. The zero-order valence-corrected chi connectivity index (χ0v) is 21.7. The molecule has 0 fully saturated rings. The smallest absolute Gasteiger partial charge is 0.387 e. The lowest BCUT2D eigenvalue weighted by Crippen LogP contribution is -2.16. The molecule has 0 radical (unpaired) electrons. The summed E-state index contributed by atoms with van der Waals surface area (Å²) >= 11 is 2.73. The number of aromatic nitrogens is 3. The number of ether oxygens (including phenoxy) is 2. The van der Waals surface area contributed by atoms with Crippen LogP contribution in [0.1, 0.15) is 55.1 Å². The minimum Gasteiger partial charge on any atom is -0.458 e. The van der Waals surface area contributed by atoms with E-state index in [0.29, 0.717) is 32.8 Å². The van der Waals surface area contributed by atoms with E-state index in [2.05, 4.69) is 47.4 Å². The molecule has 1 aromatic carbocycles. The molecule has 1 N–H and O–H groups in total. The van der Waals surface area contributed by atoms with Gasteiger partial charge in [-0.05, 0) is 25.1 Å². The van der Waals surface area contributed by atoms with Gasteiger partial charge in [0.2, 0.25) is 0 Å². The largest absolute Gasteiger partial charge is 0.458 e. The molecular weight excluding hydrogens is 506 g/mol. The molecule has 0 atom stereocenters. The maximum absolute atomic E-state index is 13.3. The van der Waals surface area contributed by atoms with Crippen molar-refractivity contribution in [1.29, 1.82) is 0 Å². The van der Waals surface area contributed by atoms with Crippen molar-refractivity contribution in [2.24, 2.45) is 0 Å². The first-order valence-corrected chi connectivity index (χ1v) is 12.6. The molecule has 3 heterocycles. The van der Waals surface area contributed by atoms with Gasteiger partial charge in [0.05, 0.1) is 17.1 Å². The van der Waals surface area contributed by atoms with Gasteiger partial charge >= 0.3 is 6.61 Å². The van der Waals surface area contributed by atoms with Crippen LogP contribution in [0.2, 0.25) is 0 Å². The number of imidazole rings is 1. The van der Waals surface area contributed by atoms with Crippen molar-refractivity contribution in [3.05, 3.63) is 70.1 Å². The Bertz CT molecular complexity index is 1450. The number of fused-ring (bicyclic) bond motifs is 1. The molecular formula is C25H24F2N4O3S2. The Morgan fingerprint density at radius 1 is 1.22 bits per heavy atom. The van der Waals surface area contributed by atoms with Crippen molar-refractivity contribution >= 4 is 50.8 Å². The molecule has 4 aromatic rings. The van der Waals surface area contributed by atoms with Crippen molar-refractivity contribution in [1.82, 2.24) is 14.4 Å². The number of halogens is 2. The van der Waals surface area contributed by atoms with E-state index >= 15 is 0 Å². The number of hydrogen-bond donors (Lipinski definition) is 1. The van der Waals surface area contributed by atoms with Gasteiger partial charge in [0.1, 0.15) is 5.69 Å². The summed E-state index contributed by atoms with van der Waals surface area (Å²) in [4.78, 5) is 23.0. The maximum atomic E-state index is 13.3. The monoisotopic (exact) mass is 530 g/mol. The highest BCUT2D eigenvalue weighted by molar-refractivity contribution is 7.15. The lowest BCUT2D eigenvalue weighted by atomic mass is 9.93. The predicted molar refractivity (Wildman–Crippen MR) is 139 cm³/mol. The minimum absolute atomic E-state index is 0.0890. The number of benzene rings is 1. The van der Waals surface area contributed by atoms with Crippen LogP contribution < -0.4 is 14.8 Å². The third-order valence-corrected chi connectivity index (χ3v) is 6.43. The number of amides is 1. The molecule has 0 spiro atoms. The molecule has 11 heteroatoms. The number of nitrogens with one attached hydrogen (secondary N) is 1. The molecule has 3 aromatic heterocycles. The summed E-state index contributed by atoms with van der Waals surface area (Å²) in [5, 5.41) is 7.10. The number of allylic oxidation sites excluding steroid dienone is 1. The van der Waals surface area contributed by atoms with Gasteiger partial charge < -0.3 is 9.47 Å². The molecule has 0 aliphatic rings. The van der Waals surface area contributed by atoms with Crippen LogP contribution in [0.3, 0.4) is 0 Å². The first kappa shape index (κ1) is 25.5. The highest BCUT2D eigenvalue weighted by Gasteiger charge is 2.22. The summed E-state index contributed by atoms with van der Waals surface area (Å²) in [5.41, 5.74) is 1.91. The SMILES string of the molecule is C=C(C)Oc1c(C=Cc2nc3sccn3c2C(=O)Nc2nc(C(C)(C)C)cs2)cccc1OC(F)F. The van der Waals surface area contributed by atoms with Crippen LogP contribution in [0, 0.1) is 0 Å². The van der Waals surface area contributed by atoms with Gasteiger partial charge in [-0.25, -0.2) is 9.97 Å². The molecule has 0 unspecified atom stereocenters. The second-order valence-electron chi connectivity index (χ2n) is 8.83. The molecule has 0 aliphatic carbocycles. The van der Waals surface area contributed by atoms with Crippen LogP contribution in [-0.2, 0) is 5.41 Å². The van der Waals surface area contributed by atoms with Gasteiger partial charge in [0.25, 0.3) is 5.91 Å². The van der Waals surface area contributed by atoms with Gasteiger partial charge in [-0.3, -0.25) is 14.5 Å². The zero-order valence-electron chi connectivity index (χ0n) is 20.0. The van der Waals surface area contributed by atoms with Crippen molar-refractivity contribution < 1.29 is 23.0 Å². The lowest BCUT2D eigenvalue weighted by molar-refractivity contribution is -0.0511. The number of alkyl halides is 2. The van der Waals surface area contributed by atoms with Crippen LogP contribution in [0.5, 0.6) is 11.5 Å². The van der Waals surface area contributed by atoms with Crippen LogP contribution in [0.25, 0.3) is 17.1 Å². The quantitative estimate of drug-likeness (QED) is 0.246. The first-order valence-electron chi connectivity index (χ1n) is 10.8. The topological polar surface area (TPSA) is 77.8 Å². The zero-order chi connectivity index (χ0) is 26.0. The fourth-order valence-electron chi connectivity index (χ4n) is 3.28. The first-order chi connectivity index (χ1) is 17.0. The van der Waals surface area contributed by atoms with E-state index in [4.69, 9.17) is 4.74 Å². The van der Waals surface area contributed by atoms with Gasteiger partial charge in [-0.2, -0.15) is 8.78 Å². The molecule has 0 aliphatic heterocycles. The standard InChI is InChI=1S/C25H24F2N4O3S2/c1-14(2)33-20-15(7-6-8-17(20)34-22(26)27)9-10-16-19(31-11-12-35-24(31)28-16)21(32)30-23-29-18(13-36-23)25(3,4)5/h6-13,22H,1H2,2-5H3,(H,29,30,32). The summed E-state index contributed by atoms with van der Waals surface area (Å²) < 4.78 is 37.7. The third-order valence-electron chi connectivity index (χ3n) is 4.92. The molecule has 0 saturated carbocycles. The molecule has 4 rings (SSSR count). The number of anilines is 1. The van der Waals surface area contributed by atoms with E-state index < -0.39 is 6.61 Å². The predicted octanol–water partition coefficient (Wildman–Crippen LogP) is 7.09. The van der Waals surface area contributed by atoms with E-state index in [9.17, 15) is 13.6 Å². The molecule has 0 saturated heterocycles. The van der Waals surface area contributed by atoms with E-state index in [1.165, 1.54) is 28.7 Å². The molecule has 7 nitrogen and oxygen atoms in total. The van der Waals surface area contributed by atoms with Gasteiger partial charge in [0.15, 0.2) is 21.6 Å². The number of hydrogen-bond acceptors (Lipinski definition) is 7. The Morgan fingerprint density at radius 2 is 2.00 bits per heavy atom. The van der Waals surface area contributed by atoms with Crippen molar-refractivity contribution in [3.8, 4) is 11.5 Å². The van der Waals surface area contributed by atoms with Crippen LogP contribution in [-0.4, -0.2) is 26.9 Å². The highest BCUT2D eigenvalue weighted by atomic mass is 32.1.